The number of likely N-dealkylation sites (tertiary alicyclic amines) is 1. The summed E-state index contributed by atoms with van der Waals surface area (Å²) in [5, 5.41) is 22.1. The van der Waals surface area contributed by atoms with Gasteiger partial charge in [0.15, 0.2) is 8.32 Å². The highest BCUT2D eigenvalue weighted by Gasteiger charge is 2.43. The predicted molar refractivity (Wildman–Crippen MR) is 114 cm³/mol. The molecule has 1 fully saturated rings. The van der Waals surface area contributed by atoms with Crippen LogP contribution >= 0.6 is 11.6 Å². The summed E-state index contributed by atoms with van der Waals surface area (Å²) in [5.41, 5.74) is 1.57. The molecule has 2 rings (SSSR count). The largest absolute Gasteiger partial charge is 0.412 e. The normalized spacial score (nSPS) is 20.2. The van der Waals surface area contributed by atoms with Crippen LogP contribution in [0, 0.1) is 18.3 Å². The van der Waals surface area contributed by atoms with Crippen molar-refractivity contribution in [1.82, 2.24) is 4.90 Å². The van der Waals surface area contributed by atoms with Crippen LogP contribution in [0.15, 0.2) is 12.1 Å². The van der Waals surface area contributed by atoms with E-state index in [0.717, 1.165) is 0 Å². The molecule has 0 radical (unpaired) electrons. The van der Waals surface area contributed by atoms with Crippen LogP contribution in [0.3, 0.4) is 0 Å². The van der Waals surface area contributed by atoms with Crippen LogP contribution in [0.4, 0.5) is 10.5 Å². The topological polar surface area (TPSA) is 85.6 Å². The van der Waals surface area contributed by atoms with Gasteiger partial charge in [-0.3, -0.25) is 0 Å². The maximum Gasteiger partial charge on any atom is 0.322 e. The maximum atomic E-state index is 12.9. The zero-order valence-electron chi connectivity index (χ0n) is 17.5. The van der Waals surface area contributed by atoms with Crippen molar-refractivity contribution < 1.29 is 14.3 Å². The molecule has 0 spiro atoms. The molecule has 8 heteroatoms. The molecule has 2 unspecified atom stereocenters. The minimum absolute atomic E-state index is 0.0771. The van der Waals surface area contributed by atoms with E-state index in [-0.39, 0.29) is 29.8 Å². The lowest BCUT2D eigenvalue weighted by molar-refractivity contribution is 0.165. The van der Waals surface area contributed by atoms with Crippen LogP contribution in [-0.2, 0) is 4.43 Å². The molecule has 0 aliphatic carbocycles. The minimum Gasteiger partial charge on any atom is -0.412 e. The zero-order valence-corrected chi connectivity index (χ0v) is 19.2. The van der Waals surface area contributed by atoms with Gasteiger partial charge in [0.25, 0.3) is 0 Å². The summed E-state index contributed by atoms with van der Waals surface area (Å²) in [4.78, 5) is 14.5. The second kappa shape index (κ2) is 8.42. The Morgan fingerprint density at radius 2 is 2.11 bits per heavy atom. The van der Waals surface area contributed by atoms with Gasteiger partial charge in [-0.05, 0) is 49.2 Å². The van der Waals surface area contributed by atoms with Gasteiger partial charge in [0.1, 0.15) is 6.07 Å². The molecule has 1 aromatic rings. The molecule has 1 aliphatic rings. The standard InChI is InChI=1S/C20H30ClN3O3Si/c1-13-17(8-7-14(10-22)18(13)21)23-19(26)24-11-16(9-15(24)12-25)27-28(5,6)20(2,3)4/h7-8,15-16,25H,9,11-12H2,1-6H3,(H,23,26). The van der Waals surface area contributed by atoms with Crippen LogP contribution in [-0.4, -0.2) is 49.7 Å². The number of halogens is 1. The second-order valence-electron chi connectivity index (χ2n) is 8.87. The average molecular weight is 424 g/mol. The molecule has 28 heavy (non-hydrogen) atoms. The van der Waals surface area contributed by atoms with E-state index in [0.29, 0.717) is 34.8 Å². The fourth-order valence-corrected chi connectivity index (χ4v) is 4.63. The fourth-order valence-electron chi connectivity index (χ4n) is 3.07. The van der Waals surface area contributed by atoms with Crippen LogP contribution in [0.1, 0.15) is 38.3 Å². The zero-order chi connectivity index (χ0) is 21.3. The molecule has 6 nitrogen and oxygen atoms in total. The third-order valence-electron chi connectivity index (χ3n) is 5.86. The summed E-state index contributed by atoms with van der Waals surface area (Å²) in [5.74, 6) is 0. The average Bonchev–Trinajstić information content (AvgIpc) is 3.00. The number of hydrogen-bond acceptors (Lipinski definition) is 4. The Hall–Kier alpha value is -1.59. The number of urea groups is 1. The van der Waals surface area contributed by atoms with Gasteiger partial charge < -0.3 is 19.7 Å². The first-order chi connectivity index (χ1) is 12.9. The van der Waals surface area contributed by atoms with E-state index in [2.05, 4.69) is 39.2 Å². The van der Waals surface area contributed by atoms with E-state index in [1.54, 1.807) is 24.0 Å². The molecule has 0 bridgehead atoms. The van der Waals surface area contributed by atoms with Crippen molar-refractivity contribution in [1.29, 1.82) is 5.26 Å². The van der Waals surface area contributed by atoms with Crippen molar-refractivity contribution in [3.63, 3.8) is 0 Å². The Bertz CT molecular complexity index is 786. The Morgan fingerprint density at radius 1 is 1.46 bits per heavy atom. The highest BCUT2D eigenvalue weighted by Crippen LogP contribution is 2.39. The van der Waals surface area contributed by atoms with Gasteiger partial charge in [-0.25, -0.2) is 4.79 Å². The lowest BCUT2D eigenvalue weighted by Gasteiger charge is -2.38. The molecular weight excluding hydrogens is 394 g/mol. The van der Waals surface area contributed by atoms with Crippen LogP contribution < -0.4 is 5.32 Å². The van der Waals surface area contributed by atoms with Crippen molar-refractivity contribution in [2.75, 3.05) is 18.5 Å². The number of nitrogens with zero attached hydrogens (tertiary/aromatic N) is 2. The summed E-state index contributed by atoms with van der Waals surface area (Å²) in [6.07, 6.45) is 0.526. The highest BCUT2D eigenvalue weighted by atomic mass is 35.5. The van der Waals surface area contributed by atoms with E-state index < -0.39 is 8.32 Å². The molecule has 0 saturated carbocycles. The van der Waals surface area contributed by atoms with Crippen molar-refractivity contribution in [2.24, 2.45) is 0 Å². The number of nitrogens with one attached hydrogen (secondary N) is 1. The smallest absolute Gasteiger partial charge is 0.322 e. The second-order valence-corrected chi connectivity index (χ2v) is 14.0. The number of benzene rings is 1. The van der Waals surface area contributed by atoms with Crippen molar-refractivity contribution in [3.05, 3.63) is 28.3 Å². The van der Waals surface area contributed by atoms with Gasteiger partial charge >= 0.3 is 6.03 Å². The third-order valence-corrected chi connectivity index (χ3v) is 10.9. The van der Waals surface area contributed by atoms with Crippen LogP contribution in [0.25, 0.3) is 0 Å². The highest BCUT2D eigenvalue weighted by molar-refractivity contribution is 6.74. The number of amides is 2. The van der Waals surface area contributed by atoms with Crippen LogP contribution in [0.2, 0.25) is 23.2 Å². The van der Waals surface area contributed by atoms with Gasteiger partial charge in [0, 0.05) is 12.2 Å². The fraction of sp³-hybridized carbons (Fsp3) is 0.600. The number of hydrogen-bond donors (Lipinski definition) is 2. The third kappa shape index (κ3) is 4.69. The molecule has 1 saturated heterocycles. The Balaban J connectivity index is 2.13. The molecule has 0 aromatic heterocycles. The number of rotatable bonds is 4. The van der Waals surface area contributed by atoms with E-state index in [4.69, 9.17) is 21.3 Å². The van der Waals surface area contributed by atoms with E-state index in [1.165, 1.54) is 0 Å². The minimum atomic E-state index is -1.97. The van der Waals surface area contributed by atoms with E-state index >= 15 is 0 Å². The van der Waals surface area contributed by atoms with Gasteiger partial charge in [0.05, 0.1) is 29.3 Å². The first-order valence-corrected chi connectivity index (χ1v) is 12.8. The molecule has 2 N–H and O–H groups in total. The number of anilines is 1. The van der Waals surface area contributed by atoms with Gasteiger partial charge in [-0.2, -0.15) is 5.26 Å². The number of carbonyl (C=O) groups is 1. The maximum absolute atomic E-state index is 12.9. The predicted octanol–water partition coefficient (Wildman–Crippen LogP) is 4.51. The Kier molecular flexibility index (Phi) is 6.82. The number of nitriles is 1. The summed E-state index contributed by atoms with van der Waals surface area (Å²) in [7, 11) is -1.97. The summed E-state index contributed by atoms with van der Waals surface area (Å²) >= 11 is 6.19. The Labute approximate surface area is 173 Å². The van der Waals surface area contributed by atoms with Crippen molar-refractivity contribution in [3.8, 4) is 6.07 Å². The summed E-state index contributed by atoms with van der Waals surface area (Å²) in [6, 6.07) is 4.69. The van der Waals surface area contributed by atoms with E-state index in [9.17, 15) is 9.90 Å². The number of aliphatic hydroxyl groups is 1. The molecule has 1 aliphatic heterocycles. The molecular formula is C20H30ClN3O3Si. The lowest BCUT2D eigenvalue weighted by atomic mass is 10.1. The first kappa shape index (κ1) is 22.7. The summed E-state index contributed by atoms with van der Waals surface area (Å²) in [6.45, 7) is 13.0. The molecule has 2 atom stereocenters. The molecule has 1 aromatic carbocycles. The van der Waals surface area contributed by atoms with Gasteiger partial charge in [-0.15, -0.1) is 0 Å². The van der Waals surface area contributed by atoms with Crippen molar-refractivity contribution in [2.45, 2.75) is 64.4 Å². The SMILES string of the molecule is Cc1c(NC(=O)N2CC(O[Si](C)(C)C(C)(C)C)CC2CO)ccc(C#N)c1Cl. The number of carbonyl (C=O) groups excluding carboxylic acids is 1. The molecule has 154 valence electrons. The first-order valence-electron chi connectivity index (χ1n) is 9.46. The lowest BCUT2D eigenvalue weighted by Crippen LogP contribution is -2.45. The quantitative estimate of drug-likeness (QED) is 0.697. The van der Waals surface area contributed by atoms with E-state index in [1.807, 2.05) is 6.07 Å². The van der Waals surface area contributed by atoms with Gasteiger partial charge in [-0.1, -0.05) is 32.4 Å². The van der Waals surface area contributed by atoms with Gasteiger partial charge in [0.2, 0.25) is 0 Å². The Morgan fingerprint density at radius 3 is 2.64 bits per heavy atom. The molecule has 1 heterocycles. The monoisotopic (exact) mass is 423 g/mol. The van der Waals surface area contributed by atoms with Crippen LogP contribution in [0.5, 0.6) is 0 Å². The van der Waals surface area contributed by atoms with Crippen molar-refractivity contribution >= 4 is 31.6 Å². The number of aliphatic hydroxyl groups excluding tert-OH is 1. The molecule has 2 amide bonds. The summed E-state index contributed by atoms with van der Waals surface area (Å²) < 4.78 is 6.45.